The van der Waals surface area contributed by atoms with Crippen LogP contribution in [-0.4, -0.2) is 44.2 Å². The van der Waals surface area contributed by atoms with Crippen LogP contribution in [-0.2, 0) is 28.5 Å². The molecule has 6 heteroatoms. The molecular weight excluding hydrogens is 288 g/mol. The van der Waals surface area contributed by atoms with Gasteiger partial charge in [-0.3, -0.25) is 0 Å². The molecule has 1 fully saturated rings. The molecule has 0 radical (unpaired) electrons. The van der Waals surface area contributed by atoms with Gasteiger partial charge in [-0.15, -0.1) is 0 Å². The van der Waals surface area contributed by atoms with Crippen molar-refractivity contribution in [3.05, 3.63) is 12.2 Å². The second-order valence-corrected chi connectivity index (χ2v) is 5.99. The molecule has 0 bridgehead atoms. The Morgan fingerprint density at radius 1 is 1.27 bits per heavy atom. The minimum absolute atomic E-state index is 0.150. The third-order valence-electron chi connectivity index (χ3n) is 3.61. The van der Waals surface area contributed by atoms with Crippen LogP contribution in [0.15, 0.2) is 12.2 Å². The molecule has 0 amide bonds. The van der Waals surface area contributed by atoms with Gasteiger partial charge in [-0.05, 0) is 27.2 Å². The zero-order valence-electron chi connectivity index (χ0n) is 13.8. The van der Waals surface area contributed by atoms with Crippen molar-refractivity contribution >= 4 is 11.9 Å². The van der Waals surface area contributed by atoms with Crippen LogP contribution in [0.2, 0.25) is 0 Å². The molecule has 1 unspecified atom stereocenters. The highest BCUT2D eigenvalue weighted by atomic mass is 16.7. The highest BCUT2D eigenvalue weighted by Gasteiger charge is 2.32. The largest absolute Gasteiger partial charge is 0.463 e. The first kappa shape index (κ1) is 18.6. The minimum atomic E-state index is -0.597. The fourth-order valence-corrected chi connectivity index (χ4v) is 2.05. The summed E-state index contributed by atoms with van der Waals surface area (Å²) in [6, 6.07) is 0. The molecule has 1 aliphatic heterocycles. The zero-order valence-corrected chi connectivity index (χ0v) is 13.8. The Morgan fingerprint density at radius 2 is 1.86 bits per heavy atom. The molecule has 1 heterocycles. The maximum absolute atomic E-state index is 11.6. The Kier molecular flexibility index (Phi) is 7.03. The topological polar surface area (TPSA) is 71.1 Å². The van der Waals surface area contributed by atoms with Crippen molar-refractivity contribution in [1.29, 1.82) is 0 Å². The van der Waals surface area contributed by atoms with Crippen LogP contribution in [0.5, 0.6) is 0 Å². The minimum Gasteiger partial charge on any atom is -0.463 e. The molecule has 126 valence electrons. The molecule has 0 N–H and O–H groups in total. The van der Waals surface area contributed by atoms with Gasteiger partial charge in [-0.2, -0.15) is 0 Å². The van der Waals surface area contributed by atoms with Gasteiger partial charge in [-0.1, -0.05) is 13.5 Å². The summed E-state index contributed by atoms with van der Waals surface area (Å²) in [5, 5.41) is 0. The van der Waals surface area contributed by atoms with Crippen molar-refractivity contribution in [3.8, 4) is 0 Å². The van der Waals surface area contributed by atoms with Crippen LogP contribution in [0.1, 0.15) is 34.1 Å². The zero-order chi connectivity index (χ0) is 16.8. The summed E-state index contributed by atoms with van der Waals surface area (Å²) in [4.78, 5) is 22.8. The number of ether oxygens (including phenoxy) is 4. The van der Waals surface area contributed by atoms with Crippen molar-refractivity contribution in [1.82, 2.24) is 0 Å². The van der Waals surface area contributed by atoms with Crippen molar-refractivity contribution in [3.63, 3.8) is 0 Å². The van der Waals surface area contributed by atoms with E-state index in [1.54, 1.807) is 0 Å². The lowest BCUT2D eigenvalue weighted by molar-refractivity contribution is -0.269. The van der Waals surface area contributed by atoms with Gasteiger partial charge in [0.15, 0.2) is 12.4 Å². The first-order valence-electron chi connectivity index (χ1n) is 7.51. The Hall–Kier alpha value is -1.40. The Labute approximate surface area is 131 Å². The molecule has 0 aromatic heterocycles. The van der Waals surface area contributed by atoms with Crippen LogP contribution in [0.3, 0.4) is 0 Å². The fourth-order valence-electron chi connectivity index (χ4n) is 2.05. The molecule has 1 aliphatic rings. The Bertz CT molecular complexity index is 405. The lowest BCUT2D eigenvalue weighted by atomic mass is 9.91. The second kappa shape index (κ2) is 8.29. The predicted molar refractivity (Wildman–Crippen MR) is 80.0 cm³/mol. The molecular formula is C16H26O6. The lowest BCUT2D eigenvalue weighted by Gasteiger charge is -2.37. The van der Waals surface area contributed by atoms with E-state index in [0.717, 1.165) is 6.42 Å². The third kappa shape index (κ3) is 6.15. The molecule has 0 saturated carbocycles. The summed E-state index contributed by atoms with van der Waals surface area (Å²) in [7, 11) is 0. The molecule has 1 atom stereocenters. The van der Waals surface area contributed by atoms with Crippen molar-refractivity contribution in [2.45, 2.75) is 39.9 Å². The molecule has 0 spiro atoms. The van der Waals surface area contributed by atoms with Crippen molar-refractivity contribution in [2.24, 2.45) is 11.8 Å². The van der Waals surface area contributed by atoms with E-state index in [1.807, 2.05) is 20.8 Å². The van der Waals surface area contributed by atoms with Gasteiger partial charge >= 0.3 is 11.9 Å². The first-order valence-corrected chi connectivity index (χ1v) is 7.51. The van der Waals surface area contributed by atoms with Gasteiger partial charge in [0, 0.05) is 17.4 Å². The van der Waals surface area contributed by atoms with Crippen LogP contribution >= 0.6 is 0 Å². The van der Waals surface area contributed by atoms with E-state index in [-0.39, 0.29) is 24.0 Å². The fraction of sp³-hybridized carbons (Fsp3) is 0.750. The molecule has 1 saturated heterocycles. The van der Waals surface area contributed by atoms with Gasteiger partial charge in [0.2, 0.25) is 0 Å². The molecule has 0 aliphatic carbocycles. The SMILES string of the molecule is C=C(C)C(=O)OCC(=O)OCC(CC)C1COC(C)(C)OC1. The summed E-state index contributed by atoms with van der Waals surface area (Å²) in [5.41, 5.74) is 0.248. The number of hydrogen-bond donors (Lipinski definition) is 0. The summed E-state index contributed by atoms with van der Waals surface area (Å²) in [6.07, 6.45) is 0.844. The third-order valence-corrected chi connectivity index (χ3v) is 3.61. The number of rotatable bonds is 7. The molecule has 0 aromatic rings. The van der Waals surface area contributed by atoms with Crippen LogP contribution in [0, 0.1) is 11.8 Å². The van der Waals surface area contributed by atoms with Gasteiger partial charge in [0.05, 0.1) is 19.8 Å². The van der Waals surface area contributed by atoms with E-state index in [4.69, 9.17) is 18.9 Å². The summed E-state index contributed by atoms with van der Waals surface area (Å²) >= 11 is 0. The molecule has 1 rings (SSSR count). The standard InChI is InChI=1S/C16H26O6/c1-6-12(13-8-21-16(4,5)22-9-13)7-19-14(17)10-20-15(18)11(2)3/h12-13H,2,6-10H2,1,3-5H3. The second-order valence-electron chi connectivity index (χ2n) is 5.99. The normalized spacial score (nSPS) is 19.3. The van der Waals surface area contributed by atoms with Crippen molar-refractivity contribution < 1.29 is 28.5 Å². The van der Waals surface area contributed by atoms with E-state index in [1.165, 1.54) is 6.92 Å². The summed E-state index contributed by atoms with van der Waals surface area (Å²) in [5.74, 6) is -1.38. The number of hydrogen-bond acceptors (Lipinski definition) is 6. The number of carbonyl (C=O) groups is 2. The summed E-state index contributed by atoms with van der Waals surface area (Å²) < 4.78 is 21.2. The number of esters is 2. The summed E-state index contributed by atoms with van der Waals surface area (Å²) in [6.45, 7) is 11.8. The maximum atomic E-state index is 11.6. The highest BCUT2D eigenvalue weighted by Crippen LogP contribution is 2.27. The number of carbonyl (C=O) groups excluding carboxylic acids is 2. The van der Waals surface area contributed by atoms with Crippen molar-refractivity contribution in [2.75, 3.05) is 26.4 Å². The average molecular weight is 314 g/mol. The van der Waals surface area contributed by atoms with E-state index < -0.39 is 24.3 Å². The van der Waals surface area contributed by atoms with E-state index in [2.05, 4.69) is 6.58 Å². The molecule has 22 heavy (non-hydrogen) atoms. The van der Waals surface area contributed by atoms with Gasteiger partial charge in [-0.25, -0.2) is 9.59 Å². The van der Waals surface area contributed by atoms with Gasteiger partial charge in [0.25, 0.3) is 0 Å². The lowest BCUT2D eigenvalue weighted by Crippen LogP contribution is -2.42. The Balaban J connectivity index is 2.33. The van der Waals surface area contributed by atoms with Crippen LogP contribution in [0.25, 0.3) is 0 Å². The van der Waals surface area contributed by atoms with E-state index in [9.17, 15) is 9.59 Å². The smallest absolute Gasteiger partial charge is 0.344 e. The van der Waals surface area contributed by atoms with Gasteiger partial charge in [0.1, 0.15) is 0 Å². The molecule has 6 nitrogen and oxygen atoms in total. The average Bonchev–Trinajstić information content (AvgIpc) is 2.46. The predicted octanol–water partition coefficient (Wildman–Crippen LogP) is 2.07. The first-order chi connectivity index (χ1) is 10.2. The van der Waals surface area contributed by atoms with Crippen LogP contribution < -0.4 is 0 Å². The van der Waals surface area contributed by atoms with Gasteiger partial charge < -0.3 is 18.9 Å². The van der Waals surface area contributed by atoms with E-state index in [0.29, 0.717) is 13.2 Å². The maximum Gasteiger partial charge on any atom is 0.344 e. The quantitative estimate of drug-likeness (QED) is 0.529. The molecule has 0 aromatic carbocycles. The monoisotopic (exact) mass is 314 g/mol. The highest BCUT2D eigenvalue weighted by molar-refractivity contribution is 5.88. The Morgan fingerprint density at radius 3 is 2.36 bits per heavy atom. The van der Waals surface area contributed by atoms with E-state index >= 15 is 0 Å². The van der Waals surface area contributed by atoms with Crippen LogP contribution in [0.4, 0.5) is 0 Å².